The lowest BCUT2D eigenvalue weighted by Crippen LogP contribution is -1.94. The van der Waals surface area contributed by atoms with E-state index in [1.165, 1.54) is 11.8 Å². The summed E-state index contributed by atoms with van der Waals surface area (Å²) in [6.45, 7) is 0. The van der Waals surface area contributed by atoms with Crippen LogP contribution in [-0.2, 0) is 4.79 Å². The van der Waals surface area contributed by atoms with Crippen molar-refractivity contribution in [1.29, 1.82) is 0 Å². The van der Waals surface area contributed by atoms with E-state index in [1.54, 1.807) is 0 Å². The van der Waals surface area contributed by atoms with Gasteiger partial charge in [0.25, 0.3) is 0 Å². The van der Waals surface area contributed by atoms with Crippen molar-refractivity contribution in [3.8, 4) is 0 Å². The summed E-state index contributed by atoms with van der Waals surface area (Å²) in [6, 6.07) is 9.47. The molecule has 4 nitrogen and oxygen atoms in total. The molecule has 0 N–H and O–H groups in total. The van der Waals surface area contributed by atoms with Gasteiger partial charge < -0.3 is 0 Å². The van der Waals surface area contributed by atoms with Gasteiger partial charge in [-0.15, -0.1) is 11.8 Å². The molecule has 66 valence electrons. The van der Waals surface area contributed by atoms with Gasteiger partial charge in [0, 0.05) is 9.81 Å². The fourth-order valence-electron chi connectivity index (χ4n) is 0.741. The SMILES string of the molecule is [N-]=[N+]=NC(=O)CSc1ccccc1. The van der Waals surface area contributed by atoms with Gasteiger partial charge in [0.15, 0.2) is 0 Å². The van der Waals surface area contributed by atoms with Crippen LogP contribution >= 0.6 is 11.8 Å². The Morgan fingerprint density at radius 2 is 2.15 bits per heavy atom. The van der Waals surface area contributed by atoms with Crippen LogP contribution in [0.15, 0.2) is 40.3 Å². The van der Waals surface area contributed by atoms with Crippen LogP contribution in [0.25, 0.3) is 10.4 Å². The van der Waals surface area contributed by atoms with Crippen molar-refractivity contribution in [3.05, 3.63) is 40.8 Å². The summed E-state index contributed by atoms with van der Waals surface area (Å²) >= 11 is 1.35. The first-order valence-electron chi connectivity index (χ1n) is 3.58. The minimum atomic E-state index is -0.448. The molecule has 0 heterocycles. The number of benzene rings is 1. The van der Waals surface area contributed by atoms with Gasteiger partial charge in [0.05, 0.1) is 5.75 Å². The summed E-state index contributed by atoms with van der Waals surface area (Å²) in [5, 5.41) is 2.96. The smallest absolute Gasteiger partial charge is 0.229 e. The van der Waals surface area contributed by atoms with Crippen LogP contribution in [0.4, 0.5) is 0 Å². The summed E-state index contributed by atoms with van der Waals surface area (Å²) in [5.41, 5.74) is 7.96. The molecule has 1 aromatic carbocycles. The molecule has 0 bridgehead atoms. The van der Waals surface area contributed by atoms with Gasteiger partial charge in [-0.3, -0.25) is 4.79 Å². The number of carbonyl (C=O) groups excluding carboxylic acids is 1. The van der Waals surface area contributed by atoms with Gasteiger partial charge in [-0.2, -0.15) is 0 Å². The summed E-state index contributed by atoms with van der Waals surface area (Å²) < 4.78 is 0. The summed E-state index contributed by atoms with van der Waals surface area (Å²) in [7, 11) is 0. The normalized spacial score (nSPS) is 8.92. The molecule has 1 amide bonds. The second-order valence-electron chi connectivity index (χ2n) is 2.18. The quantitative estimate of drug-likeness (QED) is 0.320. The molecule has 0 aliphatic rings. The highest BCUT2D eigenvalue weighted by Crippen LogP contribution is 2.16. The topological polar surface area (TPSA) is 65.8 Å². The Hall–Kier alpha value is -1.45. The third kappa shape index (κ3) is 3.64. The number of rotatable bonds is 3. The first kappa shape index (κ1) is 9.64. The number of carbonyl (C=O) groups is 1. The Morgan fingerprint density at radius 1 is 1.46 bits per heavy atom. The second-order valence-corrected chi connectivity index (χ2v) is 3.23. The van der Waals surface area contributed by atoms with Gasteiger partial charge in [-0.05, 0) is 22.8 Å². The molecule has 0 fully saturated rings. The van der Waals surface area contributed by atoms with E-state index in [9.17, 15) is 4.79 Å². The molecule has 1 rings (SSSR count). The predicted octanol–water partition coefficient (Wildman–Crippen LogP) is 2.62. The molecule has 0 saturated carbocycles. The van der Waals surface area contributed by atoms with Crippen LogP contribution in [0.5, 0.6) is 0 Å². The Labute approximate surface area is 79.6 Å². The van der Waals surface area contributed by atoms with E-state index in [0.717, 1.165) is 4.90 Å². The van der Waals surface area contributed by atoms with E-state index >= 15 is 0 Å². The number of azide groups is 1. The number of hydrogen-bond acceptors (Lipinski definition) is 2. The van der Waals surface area contributed by atoms with Crippen molar-refractivity contribution < 1.29 is 4.79 Å². The highest BCUT2D eigenvalue weighted by molar-refractivity contribution is 8.00. The Kier molecular flexibility index (Phi) is 3.88. The zero-order valence-electron chi connectivity index (χ0n) is 6.75. The van der Waals surface area contributed by atoms with Crippen molar-refractivity contribution >= 4 is 17.7 Å². The summed E-state index contributed by atoms with van der Waals surface area (Å²) in [4.78, 5) is 14.2. The molecule has 0 unspecified atom stereocenters. The van der Waals surface area contributed by atoms with Crippen molar-refractivity contribution in [2.75, 3.05) is 5.75 Å². The molecular weight excluding hydrogens is 186 g/mol. The number of hydrogen-bond donors (Lipinski definition) is 0. The van der Waals surface area contributed by atoms with E-state index in [1.807, 2.05) is 30.3 Å². The molecule has 5 heteroatoms. The molecule has 0 radical (unpaired) electrons. The number of amides is 1. The van der Waals surface area contributed by atoms with Gasteiger partial charge in [0.1, 0.15) is 0 Å². The number of nitrogens with zero attached hydrogens (tertiary/aromatic N) is 3. The summed E-state index contributed by atoms with van der Waals surface area (Å²) in [6.07, 6.45) is 0. The van der Waals surface area contributed by atoms with Crippen LogP contribution in [0.3, 0.4) is 0 Å². The molecule has 0 atom stereocenters. The van der Waals surface area contributed by atoms with E-state index in [-0.39, 0.29) is 5.75 Å². The molecule has 1 aromatic rings. The minimum Gasteiger partial charge on any atom is -0.292 e. The number of thioether (sulfide) groups is 1. The molecule has 0 aliphatic heterocycles. The van der Waals surface area contributed by atoms with Gasteiger partial charge in [-0.1, -0.05) is 18.2 Å². The molecule has 13 heavy (non-hydrogen) atoms. The first-order chi connectivity index (χ1) is 6.33. The maximum absolute atomic E-state index is 10.8. The molecule has 0 aliphatic carbocycles. The standard InChI is InChI=1S/C8H7N3OS/c9-11-10-8(12)6-13-7-4-2-1-3-5-7/h1-5H,6H2. The van der Waals surface area contributed by atoms with E-state index < -0.39 is 5.91 Å². The van der Waals surface area contributed by atoms with Crippen LogP contribution < -0.4 is 0 Å². The Morgan fingerprint density at radius 3 is 2.77 bits per heavy atom. The largest absolute Gasteiger partial charge is 0.292 e. The lowest BCUT2D eigenvalue weighted by molar-refractivity contribution is -0.115. The van der Waals surface area contributed by atoms with E-state index in [4.69, 9.17) is 5.53 Å². The fraction of sp³-hybridized carbons (Fsp3) is 0.125. The average Bonchev–Trinajstić information content (AvgIpc) is 2.17. The van der Waals surface area contributed by atoms with Crippen molar-refractivity contribution in [2.45, 2.75) is 4.90 Å². The molecule has 0 spiro atoms. The monoisotopic (exact) mass is 193 g/mol. The molecule has 0 saturated heterocycles. The van der Waals surface area contributed by atoms with Gasteiger partial charge >= 0.3 is 0 Å². The van der Waals surface area contributed by atoms with Crippen molar-refractivity contribution in [1.82, 2.24) is 0 Å². The van der Waals surface area contributed by atoms with Gasteiger partial charge in [-0.25, -0.2) is 0 Å². The third-order valence-electron chi connectivity index (χ3n) is 1.26. The Bertz CT molecular complexity index is 333. The van der Waals surface area contributed by atoms with E-state index in [0.29, 0.717) is 0 Å². The van der Waals surface area contributed by atoms with Gasteiger partial charge in [0.2, 0.25) is 5.91 Å². The Balaban J connectivity index is 2.44. The highest BCUT2D eigenvalue weighted by atomic mass is 32.2. The van der Waals surface area contributed by atoms with Crippen LogP contribution in [-0.4, -0.2) is 11.7 Å². The van der Waals surface area contributed by atoms with Crippen molar-refractivity contribution in [2.24, 2.45) is 5.11 Å². The van der Waals surface area contributed by atoms with Crippen molar-refractivity contribution in [3.63, 3.8) is 0 Å². The maximum atomic E-state index is 10.8. The van der Waals surface area contributed by atoms with Crippen LogP contribution in [0.1, 0.15) is 0 Å². The maximum Gasteiger partial charge on any atom is 0.229 e. The zero-order chi connectivity index (χ0) is 9.52. The molecule has 0 aromatic heterocycles. The van der Waals surface area contributed by atoms with E-state index in [2.05, 4.69) is 10.0 Å². The lowest BCUT2D eigenvalue weighted by atomic mass is 10.4. The van der Waals surface area contributed by atoms with Crippen LogP contribution in [0.2, 0.25) is 0 Å². The third-order valence-corrected chi connectivity index (χ3v) is 2.26. The molecular formula is C8H7N3OS. The predicted molar refractivity (Wildman–Crippen MR) is 51.3 cm³/mol. The first-order valence-corrected chi connectivity index (χ1v) is 4.57. The zero-order valence-corrected chi connectivity index (χ0v) is 7.57. The second kappa shape index (κ2) is 5.24. The minimum absolute atomic E-state index is 0.189. The average molecular weight is 193 g/mol. The highest BCUT2D eigenvalue weighted by Gasteiger charge is 1.98. The lowest BCUT2D eigenvalue weighted by Gasteiger charge is -1.95. The summed E-state index contributed by atoms with van der Waals surface area (Å²) in [5.74, 6) is -0.259. The fourth-order valence-corrected chi connectivity index (χ4v) is 1.44. The van der Waals surface area contributed by atoms with Crippen LogP contribution in [0, 0.1) is 0 Å².